The molecule has 2 rings (SSSR count). The Balaban J connectivity index is 2.14. The summed E-state index contributed by atoms with van der Waals surface area (Å²) in [6, 6.07) is 2.11. The summed E-state index contributed by atoms with van der Waals surface area (Å²) in [4.78, 5) is 12.9. The lowest BCUT2D eigenvalue weighted by Gasteiger charge is -2.39. The lowest BCUT2D eigenvalue weighted by molar-refractivity contribution is 0.157. The van der Waals surface area contributed by atoms with Crippen LogP contribution in [0.15, 0.2) is 24.7 Å². The van der Waals surface area contributed by atoms with Gasteiger partial charge in [-0.25, -0.2) is 9.97 Å². The molecule has 2 heterocycles. The van der Waals surface area contributed by atoms with Crippen LogP contribution in [0, 0.1) is 10.8 Å². The molecule has 4 heteroatoms. The number of aromatic nitrogens is 3. The highest BCUT2D eigenvalue weighted by molar-refractivity contribution is 6.53. The van der Waals surface area contributed by atoms with Crippen LogP contribution >= 0.6 is 0 Å². The number of rotatable bonds is 3. The zero-order chi connectivity index (χ0) is 14.1. The summed E-state index contributed by atoms with van der Waals surface area (Å²) >= 11 is 0. The maximum Gasteiger partial charge on any atom is 0.178 e. The molecule has 100 valence electrons. The van der Waals surface area contributed by atoms with Crippen molar-refractivity contribution in [2.24, 2.45) is 10.8 Å². The summed E-state index contributed by atoms with van der Waals surface area (Å²) in [5, 5.41) is 0. The summed E-state index contributed by atoms with van der Waals surface area (Å²) in [7, 11) is 1.03. The fourth-order valence-corrected chi connectivity index (χ4v) is 1.87. The van der Waals surface area contributed by atoms with Gasteiger partial charge in [-0.3, -0.25) is 4.98 Å². The van der Waals surface area contributed by atoms with Crippen LogP contribution in [0.2, 0.25) is 6.32 Å². The molecule has 0 aliphatic heterocycles. The average molecular weight is 255 g/mol. The van der Waals surface area contributed by atoms with Gasteiger partial charge in [-0.2, -0.15) is 0 Å². The van der Waals surface area contributed by atoms with Crippen LogP contribution in [0.5, 0.6) is 0 Å². The van der Waals surface area contributed by atoms with E-state index in [0.717, 1.165) is 24.8 Å². The summed E-state index contributed by atoms with van der Waals surface area (Å²) in [6.07, 6.45) is 6.46. The lowest BCUT2D eigenvalue weighted by Crippen LogP contribution is -2.33. The molecule has 0 saturated carbocycles. The van der Waals surface area contributed by atoms with Gasteiger partial charge in [-0.1, -0.05) is 46.4 Å². The first-order valence-electron chi connectivity index (χ1n) is 6.85. The monoisotopic (exact) mass is 255 g/mol. The van der Waals surface area contributed by atoms with Crippen molar-refractivity contribution in [3.05, 3.63) is 24.7 Å². The molecule has 0 aliphatic rings. The Kier molecular flexibility index (Phi) is 3.61. The van der Waals surface area contributed by atoms with E-state index in [0.29, 0.717) is 10.8 Å². The molecule has 3 nitrogen and oxygen atoms in total. The standard InChI is InChI=1S/C15H22BN3/c1-14(2,3)15(4,5)10-16-11-8-12-13(19-9-11)18-7-6-17-12/h6-9,16H,10H2,1-5H3. The molecule has 2 aromatic rings. The van der Waals surface area contributed by atoms with Crippen molar-refractivity contribution in [2.75, 3.05) is 0 Å². The first kappa shape index (κ1) is 14.0. The SMILES string of the molecule is CC(C)(C)C(C)(C)CBc1cnc2nccnc2c1. The van der Waals surface area contributed by atoms with Gasteiger partial charge < -0.3 is 0 Å². The van der Waals surface area contributed by atoms with Gasteiger partial charge in [0.15, 0.2) is 12.9 Å². The molecule has 0 aromatic carbocycles. The van der Waals surface area contributed by atoms with E-state index < -0.39 is 0 Å². The highest BCUT2D eigenvalue weighted by Crippen LogP contribution is 2.40. The molecule has 0 spiro atoms. The molecule has 0 fully saturated rings. The third kappa shape index (κ3) is 3.11. The van der Waals surface area contributed by atoms with Crippen molar-refractivity contribution >= 4 is 23.9 Å². The molecular weight excluding hydrogens is 233 g/mol. The summed E-state index contributed by atoms with van der Waals surface area (Å²) in [6.45, 7) is 11.6. The minimum Gasteiger partial charge on any atom is -0.251 e. The maximum atomic E-state index is 4.37. The number of hydrogen-bond acceptors (Lipinski definition) is 3. The second kappa shape index (κ2) is 4.91. The van der Waals surface area contributed by atoms with E-state index in [1.807, 2.05) is 6.20 Å². The Hall–Kier alpha value is -1.45. The topological polar surface area (TPSA) is 38.7 Å². The highest BCUT2D eigenvalue weighted by atomic mass is 14.9. The van der Waals surface area contributed by atoms with Crippen LogP contribution in [0.3, 0.4) is 0 Å². The Labute approximate surface area is 116 Å². The fourth-order valence-electron chi connectivity index (χ4n) is 1.87. The smallest absolute Gasteiger partial charge is 0.178 e. The molecule has 0 unspecified atom stereocenters. The van der Waals surface area contributed by atoms with Crippen LogP contribution in [-0.4, -0.2) is 22.2 Å². The van der Waals surface area contributed by atoms with Gasteiger partial charge in [-0.05, 0) is 16.9 Å². The fraction of sp³-hybridized carbons (Fsp3) is 0.533. The van der Waals surface area contributed by atoms with Gasteiger partial charge in [0.05, 0.1) is 0 Å². The van der Waals surface area contributed by atoms with Gasteiger partial charge in [0.1, 0.15) is 5.52 Å². The van der Waals surface area contributed by atoms with Gasteiger partial charge in [-0.15, -0.1) is 0 Å². The third-order valence-corrected chi connectivity index (χ3v) is 4.45. The van der Waals surface area contributed by atoms with E-state index in [1.165, 1.54) is 5.46 Å². The lowest BCUT2D eigenvalue weighted by atomic mass is 9.53. The minimum absolute atomic E-state index is 0.296. The van der Waals surface area contributed by atoms with Crippen molar-refractivity contribution in [3.8, 4) is 0 Å². The van der Waals surface area contributed by atoms with Crippen LogP contribution in [0.1, 0.15) is 34.6 Å². The number of pyridine rings is 1. The van der Waals surface area contributed by atoms with E-state index >= 15 is 0 Å². The molecule has 0 aliphatic carbocycles. The van der Waals surface area contributed by atoms with E-state index in [2.05, 4.69) is 55.6 Å². The quantitative estimate of drug-likeness (QED) is 0.791. The molecule has 0 N–H and O–H groups in total. The number of nitrogens with zero attached hydrogens (tertiary/aromatic N) is 3. The van der Waals surface area contributed by atoms with Crippen molar-refractivity contribution < 1.29 is 0 Å². The van der Waals surface area contributed by atoms with E-state index in [1.54, 1.807) is 12.4 Å². The average Bonchev–Trinajstić information content (AvgIpc) is 2.35. The van der Waals surface area contributed by atoms with Crippen LogP contribution in [0.4, 0.5) is 0 Å². The molecule has 0 saturated heterocycles. The van der Waals surface area contributed by atoms with Crippen molar-refractivity contribution in [3.63, 3.8) is 0 Å². The minimum atomic E-state index is 0.296. The molecule has 0 bridgehead atoms. The van der Waals surface area contributed by atoms with Crippen LogP contribution < -0.4 is 5.46 Å². The maximum absolute atomic E-state index is 4.37. The molecule has 2 aromatic heterocycles. The summed E-state index contributed by atoms with van der Waals surface area (Å²) < 4.78 is 0. The summed E-state index contributed by atoms with van der Waals surface area (Å²) in [5.41, 5.74) is 3.45. The van der Waals surface area contributed by atoms with Crippen molar-refractivity contribution in [2.45, 2.75) is 40.9 Å². The second-order valence-electron chi connectivity index (χ2n) is 6.88. The zero-order valence-electron chi connectivity index (χ0n) is 12.6. The molecule has 0 radical (unpaired) electrons. The molecule has 0 atom stereocenters. The normalized spacial score (nSPS) is 12.7. The van der Waals surface area contributed by atoms with Gasteiger partial charge >= 0.3 is 0 Å². The Bertz CT molecular complexity index is 573. The zero-order valence-corrected chi connectivity index (χ0v) is 12.6. The van der Waals surface area contributed by atoms with Crippen LogP contribution in [-0.2, 0) is 0 Å². The number of fused-ring (bicyclic) bond motifs is 1. The van der Waals surface area contributed by atoms with Crippen LogP contribution in [0.25, 0.3) is 11.2 Å². The second-order valence-corrected chi connectivity index (χ2v) is 6.88. The van der Waals surface area contributed by atoms with E-state index in [9.17, 15) is 0 Å². The van der Waals surface area contributed by atoms with Gasteiger partial charge in [0.25, 0.3) is 0 Å². The van der Waals surface area contributed by atoms with Gasteiger partial charge in [0, 0.05) is 18.6 Å². The van der Waals surface area contributed by atoms with E-state index in [-0.39, 0.29) is 0 Å². The van der Waals surface area contributed by atoms with Crippen molar-refractivity contribution in [1.82, 2.24) is 15.0 Å². The number of hydrogen-bond donors (Lipinski definition) is 0. The first-order chi connectivity index (χ1) is 8.79. The van der Waals surface area contributed by atoms with Crippen molar-refractivity contribution in [1.29, 1.82) is 0 Å². The van der Waals surface area contributed by atoms with Gasteiger partial charge in [0.2, 0.25) is 0 Å². The molecule has 0 amide bonds. The first-order valence-corrected chi connectivity index (χ1v) is 6.85. The Morgan fingerprint density at radius 3 is 2.37 bits per heavy atom. The Morgan fingerprint density at radius 1 is 1.00 bits per heavy atom. The highest BCUT2D eigenvalue weighted by Gasteiger charge is 2.32. The predicted molar refractivity (Wildman–Crippen MR) is 82.2 cm³/mol. The Morgan fingerprint density at radius 2 is 1.68 bits per heavy atom. The third-order valence-electron chi connectivity index (χ3n) is 4.45. The molecular formula is C15H22BN3. The molecule has 19 heavy (non-hydrogen) atoms. The predicted octanol–water partition coefficient (Wildman–Crippen LogP) is 2.58. The largest absolute Gasteiger partial charge is 0.251 e. The summed E-state index contributed by atoms with van der Waals surface area (Å²) in [5.74, 6) is 0. The van der Waals surface area contributed by atoms with E-state index in [4.69, 9.17) is 0 Å².